The average molecular weight is 219 g/mol. The summed E-state index contributed by atoms with van der Waals surface area (Å²) < 4.78 is 0. The minimum absolute atomic E-state index is 0.105. The second-order valence-corrected chi connectivity index (χ2v) is 3.75. The number of aryl methyl sites for hydroxylation is 1. The van der Waals surface area contributed by atoms with Gasteiger partial charge in [0.15, 0.2) is 0 Å². The van der Waals surface area contributed by atoms with E-state index in [-0.39, 0.29) is 11.7 Å². The van der Waals surface area contributed by atoms with E-state index in [0.717, 1.165) is 12.0 Å². The number of phenolic OH excluding ortho intramolecular Hbond substituents is 1. The van der Waals surface area contributed by atoms with Crippen molar-refractivity contribution in [3.05, 3.63) is 35.4 Å². The maximum atomic E-state index is 11.7. The van der Waals surface area contributed by atoms with Gasteiger partial charge in [0.1, 0.15) is 5.75 Å². The molecule has 0 atom stereocenters. The van der Waals surface area contributed by atoms with Crippen molar-refractivity contribution < 1.29 is 9.90 Å². The zero-order valence-electron chi connectivity index (χ0n) is 9.87. The Morgan fingerprint density at radius 1 is 1.50 bits per heavy atom. The van der Waals surface area contributed by atoms with Gasteiger partial charge in [-0.3, -0.25) is 4.79 Å². The summed E-state index contributed by atoms with van der Waals surface area (Å²) in [6.45, 7) is 5.56. The van der Waals surface area contributed by atoms with Gasteiger partial charge in [0.05, 0.1) is 0 Å². The van der Waals surface area contributed by atoms with Crippen LogP contribution in [0.1, 0.15) is 25.8 Å². The minimum Gasteiger partial charge on any atom is -0.508 e. The molecule has 0 spiro atoms. The standard InChI is InChI=1S/C13H17NO2/c1-4-5-9(2)13(16)14-11-6-7-12(15)10(3)8-11/h5-8,15H,4H2,1-3H3,(H,14,16)/b9-5-. The Labute approximate surface area is 95.8 Å². The first-order valence-corrected chi connectivity index (χ1v) is 5.32. The highest BCUT2D eigenvalue weighted by molar-refractivity contribution is 6.03. The van der Waals surface area contributed by atoms with Crippen molar-refractivity contribution in [3.8, 4) is 5.75 Å². The molecule has 0 fully saturated rings. The van der Waals surface area contributed by atoms with Gasteiger partial charge >= 0.3 is 0 Å². The number of hydrogen-bond acceptors (Lipinski definition) is 2. The fourth-order valence-electron chi connectivity index (χ4n) is 1.36. The lowest BCUT2D eigenvalue weighted by molar-refractivity contribution is -0.112. The third-order valence-electron chi connectivity index (χ3n) is 2.32. The van der Waals surface area contributed by atoms with E-state index < -0.39 is 0 Å². The number of benzene rings is 1. The third-order valence-corrected chi connectivity index (χ3v) is 2.32. The zero-order valence-corrected chi connectivity index (χ0v) is 9.87. The molecule has 0 aromatic heterocycles. The van der Waals surface area contributed by atoms with Crippen LogP contribution in [-0.2, 0) is 4.79 Å². The number of nitrogens with one attached hydrogen (secondary N) is 1. The van der Waals surface area contributed by atoms with Crippen molar-refractivity contribution in [3.63, 3.8) is 0 Å². The third kappa shape index (κ3) is 3.12. The number of carbonyl (C=O) groups excluding carboxylic acids is 1. The van der Waals surface area contributed by atoms with Gasteiger partial charge in [-0.25, -0.2) is 0 Å². The van der Waals surface area contributed by atoms with Crippen molar-refractivity contribution in [2.45, 2.75) is 27.2 Å². The second-order valence-electron chi connectivity index (χ2n) is 3.75. The van der Waals surface area contributed by atoms with Crippen LogP contribution in [0.4, 0.5) is 5.69 Å². The SMILES string of the molecule is CC/C=C(/C)C(=O)Nc1ccc(O)c(C)c1. The maximum Gasteiger partial charge on any atom is 0.250 e. The highest BCUT2D eigenvalue weighted by atomic mass is 16.3. The first kappa shape index (κ1) is 12.3. The Morgan fingerprint density at radius 2 is 2.19 bits per heavy atom. The topological polar surface area (TPSA) is 49.3 Å². The van der Waals surface area contributed by atoms with Crippen LogP contribution in [-0.4, -0.2) is 11.0 Å². The number of amides is 1. The number of phenols is 1. The van der Waals surface area contributed by atoms with E-state index in [1.807, 2.05) is 13.0 Å². The monoisotopic (exact) mass is 219 g/mol. The van der Waals surface area contributed by atoms with Gasteiger partial charge in [-0.1, -0.05) is 13.0 Å². The van der Waals surface area contributed by atoms with E-state index in [1.54, 1.807) is 32.0 Å². The van der Waals surface area contributed by atoms with Gasteiger partial charge in [-0.15, -0.1) is 0 Å². The highest BCUT2D eigenvalue weighted by Crippen LogP contribution is 2.20. The molecule has 3 nitrogen and oxygen atoms in total. The molecular formula is C13H17NO2. The lowest BCUT2D eigenvalue weighted by Gasteiger charge is -2.07. The Kier molecular flexibility index (Phi) is 4.11. The minimum atomic E-state index is -0.105. The van der Waals surface area contributed by atoms with Gasteiger partial charge in [0.25, 0.3) is 5.91 Å². The molecule has 0 radical (unpaired) electrons. The summed E-state index contributed by atoms with van der Waals surface area (Å²) in [4.78, 5) is 11.7. The quantitative estimate of drug-likeness (QED) is 0.606. The fourth-order valence-corrected chi connectivity index (χ4v) is 1.36. The van der Waals surface area contributed by atoms with Crippen LogP contribution in [0.5, 0.6) is 5.75 Å². The molecule has 1 aromatic rings. The second kappa shape index (κ2) is 5.35. The van der Waals surface area contributed by atoms with Crippen molar-refractivity contribution in [1.82, 2.24) is 0 Å². The summed E-state index contributed by atoms with van der Waals surface area (Å²) in [5.41, 5.74) is 2.15. The van der Waals surface area contributed by atoms with E-state index in [0.29, 0.717) is 11.3 Å². The van der Waals surface area contributed by atoms with E-state index >= 15 is 0 Å². The largest absolute Gasteiger partial charge is 0.508 e. The van der Waals surface area contributed by atoms with Gasteiger partial charge in [-0.2, -0.15) is 0 Å². The van der Waals surface area contributed by atoms with Gasteiger partial charge in [0, 0.05) is 11.3 Å². The molecule has 0 aliphatic heterocycles. The normalized spacial score (nSPS) is 11.3. The van der Waals surface area contributed by atoms with E-state index in [1.165, 1.54) is 0 Å². The van der Waals surface area contributed by atoms with Gasteiger partial charge in [0.2, 0.25) is 0 Å². The van der Waals surface area contributed by atoms with Crippen LogP contribution < -0.4 is 5.32 Å². The van der Waals surface area contributed by atoms with E-state index in [4.69, 9.17) is 0 Å². The van der Waals surface area contributed by atoms with Gasteiger partial charge < -0.3 is 10.4 Å². The summed E-state index contributed by atoms with van der Waals surface area (Å²) >= 11 is 0. The molecule has 1 rings (SSSR count). The summed E-state index contributed by atoms with van der Waals surface area (Å²) in [6, 6.07) is 5.00. The van der Waals surface area contributed by atoms with Crippen LogP contribution >= 0.6 is 0 Å². The molecule has 0 saturated heterocycles. The highest BCUT2D eigenvalue weighted by Gasteiger charge is 2.05. The van der Waals surface area contributed by atoms with E-state index in [9.17, 15) is 9.90 Å². The van der Waals surface area contributed by atoms with Crippen molar-refractivity contribution in [1.29, 1.82) is 0 Å². The summed E-state index contributed by atoms with van der Waals surface area (Å²) in [5, 5.41) is 12.1. The molecule has 16 heavy (non-hydrogen) atoms. The molecule has 3 heteroatoms. The molecule has 0 saturated carbocycles. The van der Waals surface area contributed by atoms with Crippen molar-refractivity contribution in [2.75, 3.05) is 5.32 Å². The van der Waals surface area contributed by atoms with Crippen LogP contribution in [0.15, 0.2) is 29.8 Å². The molecule has 0 aliphatic rings. The predicted molar refractivity (Wildman–Crippen MR) is 65.5 cm³/mol. The number of aromatic hydroxyl groups is 1. The summed E-state index contributed by atoms with van der Waals surface area (Å²) in [6.07, 6.45) is 2.72. The smallest absolute Gasteiger partial charge is 0.250 e. The Balaban J connectivity index is 2.77. The number of anilines is 1. The molecule has 0 aliphatic carbocycles. The molecule has 0 heterocycles. The van der Waals surface area contributed by atoms with Crippen molar-refractivity contribution >= 4 is 11.6 Å². The van der Waals surface area contributed by atoms with Crippen LogP contribution in [0.2, 0.25) is 0 Å². The molecule has 1 aromatic carbocycles. The first-order chi connectivity index (χ1) is 7.54. The van der Waals surface area contributed by atoms with Gasteiger partial charge in [-0.05, 0) is 44.0 Å². The maximum absolute atomic E-state index is 11.7. The predicted octanol–water partition coefficient (Wildman–Crippen LogP) is 3.00. The lowest BCUT2D eigenvalue weighted by atomic mass is 10.2. The van der Waals surface area contributed by atoms with Crippen LogP contribution in [0.25, 0.3) is 0 Å². The molecule has 1 amide bonds. The Bertz CT molecular complexity index is 422. The Hall–Kier alpha value is -1.77. The van der Waals surface area contributed by atoms with E-state index in [2.05, 4.69) is 5.32 Å². The van der Waals surface area contributed by atoms with Crippen LogP contribution in [0, 0.1) is 6.92 Å². The fraction of sp³-hybridized carbons (Fsp3) is 0.308. The molecule has 0 unspecified atom stereocenters. The Morgan fingerprint density at radius 3 is 2.75 bits per heavy atom. The average Bonchev–Trinajstić information content (AvgIpc) is 2.24. The molecule has 0 bridgehead atoms. The number of allylic oxidation sites excluding steroid dienone is 1. The molecule has 86 valence electrons. The molecule has 2 N–H and O–H groups in total. The summed E-state index contributed by atoms with van der Waals surface area (Å²) in [7, 11) is 0. The zero-order chi connectivity index (χ0) is 12.1. The summed E-state index contributed by atoms with van der Waals surface area (Å²) in [5.74, 6) is 0.130. The molecular weight excluding hydrogens is 202 g/mol. The van der Waals surface area contributed by atoms with Crippen LogP contribution in [0.3, 0.4) is 0 Å². The number of rotatable bonds is 3. The number of carbonyl (C=O) groups is 1. The first-order valence-electron chi connectivity index (χ1n) is 5.32. The lowest BCUT2D eigenvalue weighted by Crippen LogP contribution is -2.12. The number of hydrogen-bond donors (Lipinski definition) is 2. The van der Waals surface area contributed by atoms with Crippen molar-refractivity contribution in [2.24, 2.45) is 0 Å².